The fraction of sp³-hybridized carbons (Fsp3) is 1.00. The maximum Gasteiger partial charge on any atom is 0.187 e. The standard InChI is InChI=1S/C57H96O29/c1-20(19-76-48-40(68)38(66)35(63)29(17-58)81-48)8-13-56(74)24(5)57(75)32(86-56)15-28-26-14-31(60)55(73)16-25(9-11-53(55,6)27(26)10-12-54(28,57)7)80-52-47(85-50-42(70)37(65)34(62)22(3)78-50)44(72)46(30(18-59)82-52)84-51-43(71)39(67)45(23(4)79-51)83-49-41(69)36(64)33(61)21(2)77-49/h20-52,58-75H,8-19H2,1-7H3/t20-,21+,22+,23+,24-,25+,26-,27+,28+,29-,30-,31-,32+,33+,34+,35-,36-,37-,38+,39+,40-,41-,42-,43-,44+,45+,46-,47-,48-,49+,50+,51+,52-,53-,54+,55+,56-,57-/m1/s1. The van der Waals surface area contributed by atoms with Crippen molar-refractivity contribution in [1.29, 1.82) is 0 Å². The lowest BCUT2D eigenvalue weighted by molar-refractivity contribution is -0.396. The van der Waals surface area contributed by atoms with E-state index < -0.39 is 219 Å². The molecule has 38 atom stereocenters. The molecule has 0 bridgehead atoms. The SMILES string of the molecule is C[C@H](CC[C@@]1(O)O[C@H]2C[C@H]3[C@@H]4C[C@@H](O)[C@@]5(O)C[C@@H](O[C@@H]6O[C@H](CO)[C@@H](O[C@@H]7O[C@@H](C)[C@H](O[C@@H]8O[C@@H](C)[C@H](O)[C@@H](O)[C@H]8O)[C@@H](O)[C@H]7O)[C@H](O)[C@H]6O[C@@H]6O[C@@H](C)[C@H](O)[C@@H](O)[C@H]6O)CC[C@]5(C)[C@H]4CC[C@]3(C)[C@@]2(O)[C@@H]1C)CO[C@@H]1O[C@H](CO)[C@@H](O)[C@H](O)[C@H]1O. The molecule has 6 heterocycles. The molecule has 29 nitrogen and oxygen atoms in total. The van der Waals surface area contributed by atoms with Crippen molar-refractivity contribution in [3.63, 3.8) is 0 Å². The number of hydrogen-bond acceptors (Lipinski definition) is 29. The van der Waals surface area contributed by atoms with Crippen molar-refractivity contribution < 1.29 is 144 Å². The second kappa shape index (κ2) is 25.3. The topological polar surface area (TPSA) is 466 Å². The highest BCUT2D eigenvalue weighted by molar-refractivity contribution is 5.25. The molecule has 0 aromatic heterocycles. The van der Waals surface area contributed by atoms with E-state index in [4.69, 9.17) is 52.1 Å². The van der Waals surface area contributed by atoms with Crippen LogP contribution in [0.4, 0.5) is 0 Å². The van der Waals surface area contributed by atoms with Crippen LogP contribution in [0.1, 0.15) is 106 Å². The van der Waals surface area contributed by atoms with Gasteiger partial charge in [0, 0.05) is 29.6 Å². The lowest BCUT2D eigenvalue weighted by Gasteiger charge is -2.66. The van der Waals surface area contributed by atoms with Crippen LogP contribution in [0, 0.1) is 40.4 Å². The van der Waals surface area contributed by atoms with Gasteiger partial charge in [0.15, 0.2) is 37.2 Å². The van der Waals surface area contributed by atoms with Crippen LogP contribution in [-0.4, -0.2) is 301 Å². The molecule has 0 unspecified atom stereocenters. The van der Waals surface area contributed by atoms with Crippen molar-refractivity contribution in [2.24, 2.45) is 40.4 Å². The van der Waals surface area contributed by atoms with Gasteiger partial charge in [0.25, 0.3) is 0 Å². The molecule has 0 aromatic carbocycles. The van der Waals surface area contributed by atoms with E-state index in [0.717, 1.165) is 0 Å². The Hall–Kier alpha value is -1.16. The molecule has 29 heteroatoms. The van der Waals surface area contributed by atoms with Gasteiger partial charge >= 0.3 is 0 Å². The Morgan fingerprint density at radius 2 is 1.02 bits per heavy atom. The third-order valence-corrected chi connectivity index (χ3v) is 22.5. The first-order chi connectivity index (χ1) is 40.3. The van der Waals surface area contributed by atoms with Crippen molar-refractivity contribution in [3.05, 3.63) is 0 Å². The average molecular weight is 1250 g/mol. The van der Waals surface area contributed by atoms with Crippen molar-refractivity contribution in [1.82, 2.24) is 0 Å². The Morgan fingerprint density at radius 3 is 1.63 bits per heavy atom. The van der Waals surface area contributed by atoms with Gasteiger partial charge in [-0.1, -0.05) is 27.7 Å². The van der Waals surface area contributed by atoms with Crippen LogP contribution in [-0.2, 0) is 52.1 Å². The quantitative estimate of drug-likeness (QED) is 0.0640. The zero-order valence-electron chi connectivity index (χ0n) is 49.6. The van der Waals surface area contributed by atoms with Gasteiger partial charge in [-0.3, -0.25) is 0 Å². The molecule has 498 valence electrons. The highest BCUT2D eigenvalue weighted by Crippen LogP contribution is 2.73. The van der Waals surface area contributed by atoms with E-state index in [0.29, 0.717) is 32.1 Å². The van der Waals surface area contributed by atoms with Crippen molar-refractivity contribution in [3.8, 4) is 0 Å². The van der Waals surface area contributed by atoms with Gasteiger partial charge < -0.3 is 144 Å². The Kier molecular flexibility index (Phi) is 19.9. The van der Waals surface area contributed by atoms with Crippen LogP contribution in [0.2, 0.25) is 0 Å². The number of fused-ring (bicyclic) bond motifs is 7. The normalized spacial score (nSPS) is 57.9. The third kappa shape index (κ3) is 11.3. The lowest BCUT2D eigenvalue weighted by atomic mass is 9.42. The predicted molar refractivity (Wildman–Crippen MR) is 284 cm³/mol. The fourth-order valence-corrected chi connectivity index (χ4v) is 16.9. The molecule has 10 fully saturated rings. The number of rotatable bonds is 16. The molecular formula is C57H96O29. The monoisotopic (exact) mass is 1240 g/mol. The van der Waals surface area contributed by atoms with Crippen LogP contribution in [0.5, 0.6) is 0 Å². The lowest BCUT2D eigenvalue weighted by Crippen LogP contribution is -2.70. The molecule has 0 aromatic rings. The van der Waals surface area contributed by atoms with Crippen LogP contribution >= 0.6 is 0 Å². The second-order valence-electron chi connectivity index (χ2n) is 27.4. The molecule has 18 N–H and O–H groups in total. The first-order valence-electron chi connectivity index (χ1n) is 30.7. The molecule has 4 saturated carbocycles. The predicted octanol–water partition coefficient (Wildman–Crippen LogP) is -5.85. The van der Waals surface area contributed by atoms with Gasteiger partial charge in [-0.05, 0) is 89.4 Å². The summed E-state index contributed by atoms with van der Waals surface area (Å²) >= 11 is 0. The number of ether oxygens (including phenoxy) is 11. The first kappa shape index (κ1) is 67.7. The van der Waals surface area contributed by atoms with E-state index >= 15 is 0 Å². The van der Waals surface area contributed by atoms with Gasteiger partial charge in [0.1, 0.15) is 109 Å². The smallest absolute Gasteiger partial charge is 0.187 e. The number of aliphatic hydroxyl groups is 18. The Morgan fingerprint density at radius 1 is 0.500 bits per heavy atom. The average Bonchev–Trinajstić information content (AvgIpc) is 1.43. The van der Waals surface area contributed by atoms with Gasteiger partial charge in [-0.15, -0.1) is 0 Å². The van der Waals surface area contributed by atoms with E-state index in [1.165, 1.54) is 20.8 Å². The molecule has 6 aliphatic heterocycles. The molecular weight excluding hydrogens is 1150 g/mol. The number of hydrogen-bond donors (Lipinski definition) is 18. The summed E-state index contributed by atoms with van der Waals surface area (Å²) in [5, 5.41) is 200. The maximum atomic E-state index is 13.0. The molecule has 10 aliphatic rings. The Labute approximate surface area is 498 Å². The summed E-state index contributed by atoms with van der Waals surface area (Å²) in [5.41, 5.74) is -4.96. The highest BCUT2D eigenvalue weighted by atomic mass is 16.8. The van der Waals surface area contributed by atoms with Gasteiger partial charge in [-0.2, -0.15) is 0 Å². The molecule has 10 rings (SSSR count). The Bertz CT molecular complexity index is 2280. The summed E-state index contributed by atoms with van der Waals surface area (Å²) in [5.74, 6) is -3.29. The highest BCUT2D eigenvalue weighted by Gasteiger charge is 2.77. The Balaban J connectivity index is 0.806. The maximum absolute atomic E-state index is 13.0. The van der Waals surface area contributed by atoms with E-state index in [9.17, 15) is 91.9 Å². The van der Waals surface area contributed by atoms with Crippen molar-refractivity contribution in [2.45, 2.75) is 295 Å². The van der Waals surface area contributed by atoms with Gasteiger partial charge in [0.2, 0.25) is 0 Å². The summed E-state index contributed by atoms with van der Waals surface area (Å²) in [6.07, 6.45) is -39.8. The van der Waals surface area contributed by atoms with Crippen LogP contribution in [0.15, 0.2) is 0 Å². The summed E-state index contributed by atoms with van der Waals surface area (Å²) < 4.78 is 66.0. The van der Waals surface area contributed by atoms with E-state index in [2.05, 4.69) is 0 Å². The van der Waals surface area contributed by atoms with Crippen LogP contribution in [0.3, 0.4) is 0 Å². The third-order valence-electron chi connectivity index (χ3n) is 22.5. The first-order valence-corrected chi connectivity index (χ1v) is 30.7. The summed E-state index contributed by atoms with van der Waals surface area (Å²) in [6, 6.07) is 0. The minimum atomic E-state index is -1.95. The van der Waals surface area contributed by atoms with Crippen molar-refractivity contribution >= 4 is 0 Å². The zero-order chi connectivity index (χ0) is 62.8. The molecule has 0 radical (unpaired) electrons. The molecule has 6 saturated heterocycles. The van der Waals surface area contributed by atoms with Gasteiger partial charge in [-0.25, -0.2) is 0 Å². The minimum Gasteiger partial charge on any atom is -0.394 e. The summed E-state index contributed by atoms with van der Waals surface area (Å²) in [4.78, 5) is 0. The van der Waals surface area contributed by atoms with E-state index in [1.807, 2.05) is 20.8 Å². The largest absolute Gasteiger partial charge is 0.394 e. The summed E-state index contributed by atoms with van der Waals surface area (Å²) in [7, 11) is 0. The minimum absolute atomic E-state index is 0.0263. The van der Waals surface area contributed by atoms with Crippen LogP contribution in [0.25, 0.3) is 0 Å². The molecule has 4 aliphatic carbocycles. The van der Waals surface area contributed by atoms with Crippen LogP contribution < -0.4 is 0 Å². The van der Waals surface area contributed by atoms with Gasteiger partial charge in [0.05, 0.1) is 62.0 Å². The molecule has 86 heavy (non-hydrogen) atoms. The number of aliphatic hydroxyl groups excluding tert-OH is 15. The molecule has 0 spiro atoms. The van der Waals surface area contributed by atoms with E-state index in [-0.39, 0.29) is 56.0 Å². The zero-order valence-corrected chi connectivity index (χ0v) is 49.6. The van der Waals surface area contributed by atoms with Crippen molar-refractivity contribution in [2.75, 3.05) is 19.8 Å². The fourth-order valence-electron chi connectivity index (χ4n) is 16.9. The van der Waals surface area contributed by atoms with E-state index in [1.54, 1.807) is 6.92 Å². The second-order valence-corrected chi connectivity index (χ2v) is 27.4. The summed E-state index contributed by atoms with van der Waals surface area (Å²) in [6.45, 7) is 10.4. The molecule has 0 amide bonds.